The normalized spacial score (nSPS) is 24.9. The highest BCUT2D eigenvalue weighted by molar-refractivity contribution is 5.78. The lowest BCUT2D eigenvalue weighted by atomic mass is 9.81. The summed E-state index contributed by atoms with van der Waals surface area (Å²) in [4.78, 5) is 11.7. The quantitative estimate of drug-likeness (QED) is 0.680. The summed E-state index contributed by atoms with van der Waals surface area (Å²) in [6, 6.07) is 0. The largest absolute Gasteiger partial charge is 0.478 e. The van der Waals surface area contributed by atoms with E-state index in [4.69, 9.17) is 5.11 Å². The minimum Gasteiger partial charge on any atom is -0.478 e. The van der Waals surface area contributed by atoms with Gasteiger partial charge in [0.2, 0.25) is 0 Å². The second-order valence-corrected chi connectivity index (χ2v) is 4.66. The van der Waals surface area contributed by atoms with Crippen LogP contribution < -0.4 is 0 Å². The molecule has 1 N–H and O–H groups in total. The number of likely N-dealkylation sites (tertiary alicyclic amines) is 1. The van der Waals surface area contributed by atoms with Gasteiger partial charge in [-0.1, -0.05) is 13.5 Å². The van der Waals surface area contributed by atoms with Gasteiger partial charge in [0.1, 0.15) is 0 Å². The van der Waals surface area contributed by atoms with E-state index in [-0.39, 0.29) is 0 Å². The van der Waals surface area contributed by atoms with Gasteiger partial charge in [0, 0.05) is 11.6 Å². The fourth-order valence-corrected chi connectivity index (χ4v) is 1.65. The molecule has 15 heavy (non-hydrogen) atoms. The Labute approximate surface area is 92.8 Å². The average Bonchev–Trinajstić information content (AvgIpc) is 2.16. The van der Waals surface area contributed by atoms with Crippen LogP contribution in [0.25, 0.3) is 0 Å². The van der Waals surface area contributed by atoms with Crippen molar-refractivity contribution in [1.82, 2.24) is 4.90 Å². The number of carboxylic acids is 1. The Kier molecular flexibility index (Phi) is 5.58. The van der Waals surface area contributed by atoms with E-state index in [0.29, 0.717) is 5.54 Å². The van der Waals surface area contributed by atoms with Crippen molar-refractivity contribution in [3.8, 4) is 0 Å². The summed E-state index contributed by atoms with van der Waals surface area (Å²) in [5, 5.41) is 7.60. The maximum atomic E-state index is 9.25. The zero-order valence-electron chi connectivity index (χ0n) is 10.3. The van der Waals surface area contributed by atoms with E-state index >= 15 is 0 Å². The molecule has 0 aromatic rings. The SMILES string of the molecule is C=CC(=O)O.CC1CCCN(C)C1(C)C. The topological polar surface area (TPSA) is 40.5 Å². The number of carboxylic acid groups (broad SMARTS) is 1. The molecule has 3 heteroatoms. The molecule has 0 radical (unpaired) electrons. The number of carbonyl (C=O) groups is 1. The predicted molar refractivity (Wildman–Crippen MR) is 62.9 cm³/mol. The van der Waals surface area contributed by atoms with Gasteiger partial charge in [0.25, 0.3) is 0 Å². The van der Waals surface area contributed by atoms with Crippen LogP contribution in [0.3, 0.4) is 0 Å². The molecule has 0 aromatic carbocycles. The first kappa shape index (κ1) is 14.2. The summed E-state index contributed by atoms with van der Waals surface area (Å²) >= 11 is 0. The molecule has 0 spiro atoms. The lowest BCUT2D eigenvalue weighted by molar-refractivity contribution is -0.131. The molecule has 0 bridgehead atoms. The van der Waals surface area contributed by atoms with E-state index in [2.05, 4.69) is 39.3 Å². The van der Waals surface area contributed by atoms with Crippen molar-refractivity contribution >= 4 is 5.97 Å². The second-order valence-electron chi connectivity index (χ2n) is 4.66. The van der Waals surface area contributed by atoms with Crippen LogP contribution in [0.1, 0.15) is 33.6 Å². The lowest BCUT2D eigenvalue weighted by Gasteiger charge is -2.44. The third-order valence-corrected chi connectivity index (χ3v) is 3.50. The van der Waals surface area contributed by atoms with E-state index in [1.54, 1.807) is 0 Å². The van der Waals surface area contributed by atoms with Gasteiger partial charge in [-0.2, -0.15) is 0 Å². The molecule has 1 rings (SSSR count). The Hall–Kier alpha value is -0.830. The minimum atomic E-state index is -0.981. The van der Waals surface area contributed by atoms with Crippen molar-refractivity contribution in [2.24, 2.45) is 5.92 Å². The summed E-state index contributed by atoms with van der Waals surface area (Å²) in [5.41, 5.74) is 0.429. The van der Waals surface area contributed by atoms with Gasteiger partial charge in [0.05, 0.1) is 0 Å². The standard InChI is InChI=1S/C9H19N.C3H4O2/c1-8-6-5-7-10(4)9(8,2)3;1-2-3(4)5/h8H,5-7H2,1-4H3;2H,1H2,(H,4,5). The lowest BCUT2D eigenvalue weighted by Crippen LogP contribution is -2.49. The zero-order valence-corrected chi connectivity index (χ0v) is 10.3. The Bertz CT molecular complexity index is 212. The fraction of sp³-hybridized carbons (Fsp3) is 0.750. The van der Waals surface area contributed by atoms with Crippen molar-refractivity contribution in [3.63, 3.8) is 0 Å². The van der Waals surface area contributed by atoms with Gasteiger partial charge in [-0.05, 0) is 46.2 Å². The molecule has 1 saturated heterocycles. The van der Waals surface area contributed by atoms with Crippen LogP contribution in [0.2, 0.25) is 0 Å². The van der Waals surface area contributed by atoms with Gasteiger partial charge in [-0.15, -0.1) is 0 Å². The van der Waals surface area contributed by atoms with E-state index in [1.165, 1.54) is 19.4 Å². The summed E-state index contributed by atoms with van der Waals surface area (Å²) < 4.78 is 0. The molecule has 88 valence electrons. The van der Waals surface area contributed by atoms with Crippen molar-refractivity contribution in [2.75, 3.05) is 13.6 Å². The third kappa shape index (κ3) is 4.47. The Morgan fingerprint density at radius 1 is 1.60 bits per heavy atom. The second kappa shape index (κ2) is 5.91. The van der Waals surface area contributed by atoms with Crippen LogP contribution >= 0.6 is 0 Å². The van der Waals surface area contributed by atoms with Crippen LogP contribution in [-0.4, -0.2) is 35.1 Å². The smallest absolute Gasteiger partial charge is 0.327 e. The highest BCUT2D eigenvalue weighted by Gasteiger charge is 2.32. The van der Waals surface area contributed by atoms with Crippen molar-refractivity contribution in [1.29, 1.82) is 0 Å². The van der Waals surface area contributed by atoms with Gasteiger partial charge >= 0.3 is 5.97 Å². The molecule has 0 aliphatic carbocycles. The van der Waals surface area contributed by atoms with Gasteiger partial charge < -0.3 is 10.0 Å². The molecule has 1 aliphatic rings. The monoisotopic (exact) mass is 213 g/mol. The molecular weight excluding hydrogens is 190 g/mol. The molecule has 0 aromatic heterocycles. The van der Waals surface area contributed by atoms with Crippen LogP contribution in [0.15, 0.2) is 12.7 Å². The molecule has 1 unspecified atom stereocenters. The molecule has 1 heterocycles. The first-order chi connectivity index (χ1) is 6.82. The molecule has 1 aliphatic heterocycles. The zero-order chi connectivity index (χ0) is 12.1. The third-order valence-electron chi connectivity index (χ3n) is 3.50. The maximum absolute atomic E-state index is 9.25. The summed E-state index contributed by atoms with van der Waals surface area (Å²) in [5.74, 6) is -0.128. The molecule has 0 saturated carbocycles. The maximum Gasteiger partial charge on any atom is 0.327 e. The number of nitrogens with zero attached hydrogens (tertiary/aromatic N) is 1. The Morgan fingerprint density at radius 2 is 2.07 bits per heavy atom. The number of hydrogen-bond acceptors (Lipinski definition) is 2. The number of hydrogen-bond donors (Lipinski definition) is 1. The minimum absolute atomic E-state index is 0.429. The predicted octanol–water partition coefficient (Wildman–Crippen LogP) is 2.38. The number of aliphatic carboxylic acids is 1. The van der Waals surface area contributed by atoms with Crippen LogP contribution in [-0.2, 0) is 4.79 Å². The summed E-state index contributed by atoms with van der Waals surface area (Å²) in [7, 11) is 2.23. The molecule has 0 amide bonds. The van der Waals surface area contributed by atoms with E-state index < -0.39 is 5.97 Å². The van der Waals surface area contributed by atoms with Crippen LogP contribution in [0.4, 0.5) is 0 Å². The highest BCUT2D eigenvalue weighted by Crippen LogP contribution is 2.30. The van der Waals surface area contributed by atoms with E-state index in [1.807, 2.05) is 0 Å². The van der Waals surface area contributed by atoms with E-state index in [9.17, 15) is 4.79 Å². The van der Waals surface area contributed by atoms with Crippen LogP contribution in [0.5, 0.6) is 0 Å². The average molecular weight is 213 g/mol. The molecule has 1 fully saturated rings. The van der Waals surface area contributed by atoms with Crippen molar-refractivity contribution in [3.05, 3.63) is 12.7 Å². The Balaban J connectivity index is 0.000000336. The van der Waals surface area contributed by atoms with Crippen molar-refractivity contribution < 1.29 is 9.90 Å². The molecular formula is C12H23NO2. The molecule has 3 nitrogen and oxygen atoms in total. The number of rotatable bonds is 1. The molecule has 1 atom stereocenters. The Morgan fingerprint density at radius 3 is 2.33 bits per heavy atom. The highest BCUT2D eigenvalue weighted by atomic mass is 16.4. The van der Waals surface area contributed by atoms with E-state index in [0.717, 1.165) is 12.0 Å². The fourth-order valence-electron chi connectivity index (χ4n) is 1.65. The number of piperidine rings is 1. The van der Waals surface area contributed by atoms with Gasteiger partial charge in [-0.25, -0.2) is 4.79 Å². The first-order valence-corrected chi connectivity index (χ1v) is 5.39. The summed E-state index contributed by atoms with van der Waals surface area (Å²) in [6.07, 6.45) is 3.61. The van der Waals surface area contributed by atoms with Gasteiger partial charge in [-0.3, -0.25) is 0 Å². The van der Waals surface area contributed by atoms with Crippen LogP contribution in [0, 0.1) is 5.92 Å². The van der Waals surface area contributed by atoms with Gasteiger partial charge in [0.15, 0.2) is 0 Å². The first-order valence-electron chi connectivity index (χ1n) is 5.39. The summed E-state index contributed by atoms with van der Waals surface area (Å²) in [6.45, 7) is 11.3. The van der Waals surface area contributed by atoms with Crippen molar-refractivity contribution in [2.45, 2.75) is 39.2 Å².